The fourth-order valence-electron chi connectivity index (χ4n) is 7.83. The Morgan fingerprint density at radius 1 is 0.919 bits per heavy atom. The van der Waals surface area contributed by atoms with E-state index in [1.54, 1.807) is 6.33 Å². The summed E-state index contributed by atoms with van der Waals surface area (Å²) < 4.78 is 5.93. The zero-order chi connectivity index (χ0) is 24.8. The first-order valence-corrected chi connectivity index (χ1v) is 13.8. The summed E-state index contributed by atoms with van der Waals surface area (Å²) in [5.41, 5.74) is 3.23. The van der Waals surface area contributed by atoms with Crippen LogP contribution in [0.1, 0.15) is 55.3 Å². The second-order valence-corrected chi connectivity index (χ2v) is 11.8. The number of para-hydroxylation sites is 1. The normalized spacial score (nSPS) is 28.1. The summed E-state index contributed by atoms with van der Waals surface area (Å²) in [5.74, 6) is 4.90. The molecule has 6 nitrogen and oxygen atoms in total. The van der Waals surface area contributed by atoms with Gasteiger partial charge in [-0.05, 0) is 92.5 Å². The number of amides is 1. The number of carbonyl (C=O) groups is 1. The lowest BCUT2D eigenvalue weighted by Gasteiger charge is -2.55. The lowest BCUT2D eigenvalue weighted by atomic mass is 9.49. The van der Waals surface area contributed by atoms with E-state index in [1.165, 1.54) is 24.8 Å². The highest BCUT2D eigenvalue weighted by atomic mass is 16.5. The first-order valence-electron chi connectivity index (χ1n) is 13.8. The quantitative estimate of drug-likeness (QED) is 0.456. The van der Waals surface area contributed by atoms with Gasteiger partial charge in [0.15, 0.2) is 0 Å². The number of nitrogens with one attached hydrogen (secondary N) is 1. The van der Waals surface area contributed by atoms with Crippen LogP contribution in [0.4, 0.5) is 5.82 Å². The van der Waals surface area contributed by atoms with Crippen molar-refractivity contribution in [2.45, 2.75) is 58.0 Å². The molecule has 3 aromatic rings. The van der Waals surface area contributed by atoms with Crippen LogP contribution in [0.2, 0.25) is 0 Å². The molecule has 4 bridgehead atoms. The Kier molecular flexibility index (Phi) is 5.73. The number of carbonyl (C=O) groups excluding carboxylic acids is 1. The van der Waals surface area contributed by atoms with Gasteiger partial charge in [0.1, 0.15) is 23.6 Å². The fraction of sp³-hybridized carbons (Fsp3) is 0.452. The molecule has 6 heteroatoms. The highest BCUT2D eigenvalue weighted by molar-refractivity contribution is 5.95. The first-order chi connectivity index (χ1) is 18.1. The Labute approximate surface area is 218 Å². The maximum Gasteiger partial charge on any atom is 0.231 e. The number of nitrogens with zero attached hydrogens (tertiary/aromatic N) is 3. The number of rotatable bonds is 6. The van der Waals surface area contributed by atoms with E-state index in [-0.39, 0.29) is 11.3 Å². The topological polar surface area (TPSA) is 67.4 Å². The van der Waals surface area contributed by atoms with E-state index >= 15 is 0 Å². The van der Waals surface area contributed by atoms with Crippen molar-refractivity contribution >= 4 is 11.7 Å². The lowest BCUT2D eigenvalue weighted by Crippen LogP contribution is -2.52. The summed E-state index contributed by atoms with van der Waals surface area (Å²) in [6.45, 7) is 2.53. The molecular weight excluding hydrogens is 460 g/mol. The molecule has 0 spiro atoms. The first kappa shape index (κ1) is 22.9. The van der Waals surface area contributed by atoms with Crippen LogP contribution in [0.3, 0.4) is 0 Å². The van der Waals surface area contributed by atoms with Crippen LogP contribution < -0.4 is 10.1 Å². The molecule has 2 aromatic carbocycles. The largest absolute Gasteiger partial charge is 0.457 e. The van der Waals surface area contributed by atoms with Crippen LogP contribution in [0, 0.1) is 23.2 Å². The molecule has 1 aliphatic heterocycles. The van der Waals surface area contributed by atoms with Crippen LogP contribution in [0.25, 0.3) is 0 Å². The van der Waals surface area contributed by atoms with Gasteiger partial charge < -0.3 is 10.1 Å². The van der Waals surface area contributed by atoms with Gasteiger partial charge in [-0.2, -0.15) is 0 Å². The van der Waals surface area contributed by atoms with E-state index in [0.29, 0.717) is 0 Å². The maximum absolute atomic E-state index is 13.6. The van der Waals surface area contributed by atoms with Crippen molar-refractivity contribution in [3.05, 3.63) is 77.7 Å². The van der Waals surface area contributed by atoms with E-state index in [9.17, 15) is 4.79 Å². The van der Waals surface area contributed by atoms with Gasteiger partial charge in [0.2, 0.25) is 5.91 Å². The zero-order valence-electron chi connectivity index (χ0n) is 21.2. The van der Waals surface area contributed by atoms with Gasteiger partial charge >= 0.3 is 0 Å². The highest BCUT2D eigenvalue weighted by Gasteiger charge is 2.54. The van der Waals surface area contributed by atoms with Crippen molar-refractivity contribution < 1.29 is 9.53 Å². The smallest absolute Gasteiger partial charge is 0.231 e. The predicted octanol–water partition coefficient (Wildman–Crippen LogP) is 5.98. The summed E-state index contributed by atoms with van der Waals surface area (Å²) in [5, 5.41) is 3.30. The van der Waals surface area contributed by atoms with Crippen molar-refractivity contribution in [3.63, 3.8) is 0 Å². The van der Waals surface area contributed by atoms with Gasteiger partial charge in [-0.1, -0.05) is 30.3 Å². The molecule has 0 saturated heterocycles. The Bertz CT molecular complexity index is 1260. The molecule has 5 aliphatic rings. The monoisotopic (exact) mass is 494 g/mol. The third-order valence-electron chi connectivity index (χ3n) is 9.15. The molecule has 1 N–H and O–H groups in total. The zero-order valence-corrected chi connectivity index (χ0v) is 21.2. The Morgan fingerprint density at radius 2 is 1.59 bits per heavy atom. The Morgan fingerprint density at radius 3 is 2.30 bits per heavy atom. The van der Waals surface area contributed by atoms with Gasteiger partial charge in [-0.15, -0.1) is 0 Å². The number of fused-ring (bicyclic) bond motifs is 1. The van der Waals surface area contributed by atoms with Crippen LogP contribution in [0.15, 0.2) is 60.9 Å². The van der Waals surface area contributed by atoms with Crippen molar-refractivity contribution in [2.24, 2.45) is 23.2 Å². The van der Waals surface area contributed by atoms with Crippen molar-refractivity contribution in [1.82, 2.24) is 14.9 Å². The number of aromatic nitrogens is 2. The third kappa shape index (κ3) is 4.52. The van der Waals surface area contributed by atoms with Gasteiger partial charge in [-0.3, -0.25) is 9.69 Å². The molecule has 4 saturated carbocycles. The highest BCUT2D eigenvalue weighted by Crippen LogP contribution is 2.60. The summed E-state index contributed by atoms with van der Waals surface area (Å²) in [6.07, 6.45) is 9.70. The Balaban J connectivity index is 1.00. The molecule has 4 fully saturated rings. The molecule has 0 unspecified atom stereocenters. The standard InChI is InChI=1S/C31H34N4O2/c36-30(31-15-22-12-23(16-31)14-24(13-22)17-31)34-29-27-10-11-35(19-28(27)32-20-33-29)18-21-6-8-26(9-7-21)37-25-4-2-1-3-5-25/h1-9,20,22-24H,10-19H2,(H,32,33,34,36). The van der Waals surface area contributed by atoms with Crippen LogP contribution in [-0.4, -0.2) is 27.3 Å². The number of hydrogen-bond donors (Lipinski definition) is 1. The third-order valence-corrected chi connectivity index (χ3v) is 9.15. The number of benzene rings is 2. The molecule has 1 aromatic heterocycles. The average Bonchev–Trinajstić information content (AvgIpc) is 2.90. The molecule has 4 aliphatic carbocycles. The van der Waals surface area contributed by atoms with Gasteiger partial charge in [-0.25, -0.2) is 9.97 Å². The second-order valence-electron chi connectivity index (χ2n) is 11.8. The SMILES string of the molecule is O=C(Nc1ncnc2c1CCN(Cc1ccc(Oc3ccccc3)cc1)C2)C12CC3CC(CC(C3)C1)C2. The number of hydrogen-bond acceptors (Lipinski definition) is 5. The number of anilines is 1. The van der Waals surface area contributed by atoms with Crippen molar-refractivity contribution in [3.8, 4) is 11.5 Å². The molecule has 2 heterocycles. The number of ether oxygens (including phenoxy) is 1. The lowest BCUT2D eigenvalue weighted by molar-refractivity contribution is -0.140. The fourth-order valence-corrected chi connectivity index (χ4v) is 7.83. The van der Waals surface area contributed by atoms with E-state index in [1.807, 2.05) is 42.5 Å². The predicted molar refractivity (Wildman–Crippen MR) is 142 cm³/mol. The average molecular weight is 495 g/mol. The van der Waals surface area contributed by atoms with E-state index in [4.69, 9.17) is 4.74 Å². The second kappa shape index (κ2) is 9.25. The van der Waals surface area contributed by atoms with Gasteiger partial charge in [0.25, 0.3) is 0 Å². The van der Waals surface area contributed by atoms with Crippen LogP contribution >= 0.6 is 0 Å². The molecule has 8 rings (SSSR count). The summed E-state index contributed by atoms with van der Waals surface area (Å²) in [4.78, 5) is 25.2. The van der Waals surface area contributed by atoms with E-state index < -0.39 is 0 Å². The molecule has 190 valence electrons. The maximum atomic E-state index is 13.6. The van der Waals surface area contributed by atoms with E-state index in [2.05, 4.69) is 32.3 Å². The summed E-state index contributed by atoms with van der Waals surface area (Å²) in [6, 6.07) is 18.2. The molecule has 1 amide bonds. The van der Waals surface area contributed by atoms with Crippen molar-refractivity contribution in [1.29, 1.82) is 0 Å². The molecular formula is C31H34N4O2. The minimum Gasteiger partial charge on any atom is -0.457 e. The molecule has 0 atom stereocenters. The van der Waals surface area contributed by atoms with E-state index in [0.717, 1.165) is 91.6 Å². The van der Waals surface area contributed by atoms with Gasteiger partial charge in [0.05, 0.1) is 11.1 Å². The van der Waals surface area contributed by atoms with Gasteiger partial charge in [0, 0.05) is 25.2 Å². The summed E-state index contributed by atoms with van der Waals surface area (Å²) in [7, 11) is 0. The minimum absolute atomic E-state index is 0.163. The minimum atomic E-state index is -0.163. The molecule has 37 heavy (non-hydrogen) atoms. The summed E-state index contributed by atoms with van der Waals surface area (Å²) >= 11 is 0. The molecule has 0 radical (unpaired) electrons. The Hall–Kier alpha value is -3.25. The van der Waals surface area contributed by atoms with Crippen molar-refractivity contribution in [2.75, 3.05) is 11.9 Å². The van der Waals surface area contributed by atoms with Crippen LogP contribution in [0.5, 0.6) is 11.5 Å². The van der Waals surface area contributed by atoms with Crippen LogP contribution in [-0.2, 0) is 24.3 Å².